The van der Waals surface area contributed by atoms with E-state index >= 15 is 0 Å². The van der Waals surface area contributed by atoms with Crippen molar-refractivity contribution in [3.63, 3.8) is 0 Å². The highest BCUT2D eigenvalue weighted by molar-refractivity contribution is 7.88. The van der Waals surface area contributed by atoms with E-state index in [1.165, 1.54) is 6.26 Å². The van der Waals surface area contributed by atoms with Crippen LogP contribution in [0.25, 0.3) is 0 Å². The minimum absolute atomic E-state index is 0.0962. The summed E-state index contributed by atoms with van der Waals surface area (Å²) in [7, 11) is -3.15. The Kier molecular flexibility index (Phi) is 5.72. The Morgan fingerprint density at radius 1 is 0.962 bits per heavy atom. The molecule has 0 bridgehead atoms. The number of nitrogens with zero attached hydrogens (tertiary/aromatic N) is 2. The third kappa shape index (κ3) is 4.29. The molecule has 3 rings (SSSR count). The van der Waals surface area contributed by atoms with Gasteiger partial charge < -0.3 is 4.90 Å². The molecule has 0 saturated carbocycles. The second-order valence-electron chi connectivity index (χ2n) is 7.94. The highest BCUT2D eigenvalue weighted by Gasteiger charge is 2.37. The summed E-state index contributed by atoms with van der Waals surface area (Å²) in [5.74, 6) is 0.451. The van der Waals surface area contributed by atoms with E-state index in [2.05, 4.69) is 6.07 Å². The molecular formula is C20H30N2O3S. The molecule has 0 N–H and O–H groups in total. The van der Waals surface area contributed by atoms with Crippen LogP contribution in [0.2, 0.25) is 0 Å². The van der Waals surface area contributed by atoms with Gasteiger partial charge in [0.2, 0.25) is 10.0 Å². The summed E-state index contributed by atoms with van der Waals surface area (Å²) in [6.07, 6.45) is 6.08. The lowest BCUT2D eigenvalue weighted by atomic mass is 9.85. The van der Waals surface area contributed by atoms with Gasteiger partial charge in [-0.3, -0.25) is 4.79 Å². The summed E-state index contributed by atoms with van der Waals surface area (Å²) in [5.41, 5.74) is 2.97. The Hall–Kier alpha value is -1.40. The van der Waals surface area contributed by atoms with E-state index in [-0.39, 0.29) is 11.9 Å². The van der Waals surface area contributed by atoms with E-state index in [1.807, 2.05) is 30.9 Å². The zero-order chi connectivity index (χ0) is 18.9. The van der Waals surface area contributed by atoms with Crippen molar-refractivity contribution in [2.45, 2.75) is 52.0 Å². The van der Waals surface area contributed by atoms with Crippen LogP contribution in [0.1, 0.15) is 53.6 Å². The Morgan fingerprint density at radius 2 is 1.58 bits per heavy atom. The van der Waals surface area contributed by atoms with Crippen molar-refractivity contribution in [3.8, 4) is 0 Å². The van der Waals surface area contributed by atoms with E-state index < -0.39 is 10.0 Å². The van der Waals surface area contributed by atoms with E-state index in [0.29, 0.717) is 25.6 Å². The highest BCUT2D eigenvalue weighted by atomic mass is 32.2. The predicted molar refractivity (Wildman–Crippen MR) is 104 cm³/mol. The number of piperidine rings is 2. The standard InChI is InChI=1S/C20H30N2O3S/c1-15-12-16(2)14-18(13-15)20(23)21-10-7-17(8-11-21)19-6-4-5-9-22(19)26(3,24)25/h12-14,17,19H,4-11H2,1-3H3/t19-/m1/s1. The number of sulfonamides is 1. The van der Waals surface area contributed by atoms with Crippen LogP contribution in [0, 0.1) is 19.8 Å². The van der Waals surface area contributed by atoms with Gasteiger partial charge in [-0.25, -0.2) is 8.42 Å². The van der Waals surface area contributed by atoms with Gasteiger partial charge >= 0.3 is 0 Å². The molecule has 144 valence electrons. The van der Waals surface area contributed by atoms with Crippen molar-refractivity contribution < 1.29 is 13.2 Å². The van der Waals surface area contributed by atoms with Gasteiger partial charge in [0.15, 0.2) is 0 Å². The molecule has 2 aliphatic rings. The van der Waals surface area contributed by atoms with Crippen LogP contribution in [0.3, 0.4) is 0 Å². The second kappa shape index (κ2) is 7.69. The van der Waals surface area contributed by atoms with Crippen molar-refractivity contribution in [3.05, 3.63) is 34.9 Å². The van der Waals surface area contributed by atoms with E-state index in [1.54, 1.807) is 4.31 Å². The first-order valence-corrected chi connectivity index (χ1v) is 11.4. The molecule has 5 nitrogen and oxygen atoms in total. The Labute approximate surface area is 157 Å². The smallest absolute Gasteiger partial charge is 0.253 e. The van der Waals surface area contributed by atoms with Gasteiger partial charge in [-0.2, -0.15) is 4.31 Å². The van der Waals surface area contributed by atoms with Crippen molar-refractivity contribution >= 4 is 15.9 Å². The number of amides is 1. The quantitative estimate of drug-likeness (QED) is 0.812. The van der Waals surface area contributed by atoms with Crippen LogP contribution in [-0.4, -0.2) is 55.5 Å². The van der Waals surface area contributed by atoms with Gasteiger partial charge in [0.05, 0.1) is 6.26 Å². The third-order valence-electron chi connectivity index (χ3n) is 5.76. The van der Waals surface area contributed by atoms with Gasteiger partial charge in [0.1, 0.15) is 0 Å². The molecule has 0 aliphatic carbocycles. The molecule has 0 spiro atoms. The van der Waals surface area contributed by atoms with E-state index in [4.69, 9.17) is 0 Å². The van der Waals surface area contributed by atoms with Gasteiger partial charge in [0.25, 0.3) is 5.91 Å². The highest BCUT2D eigenvalue weighted by Crippen LogP contribution is 2.32. The molecule has 0 aromatic heterocycles. The SMILES string of the molecule is Cc1cc(C)cc(C(=O)N2CCC([C@H]3CCCCN3S(C)(=O)=O)CC2)c1. The number of hydrogen-bond donors (Lipinski definition) is 0. The maximum Gasteiger partial charge on any atom is 0.253 e. The molecule has 0 unspecified atom stereocenters. The number of rotatable bonds is 3. The van der Waals surface area contributed by atoms with Gasteiger partial charge in [0, 0.05) is 31.2 Å². The lowest BCUT2D eigenvalue weighted by Gasteiger charge is -2.42. The molecule has 2 saturated heterocycles. The first kappa shape index (κ1) is 19.4. The molecule has 2 aliphatic heterocycles. The van der Waals surface area contributed by atoms with Crippen molar-refractivity contribution in [2.75, 3.05) is 25.9 Å². The fourth-order valence-electron chi connectivity index (χ4n) is 4.58. The number of carbonyl (C=O) groups excluding carboxylic acids is 1. The van der Waals surface area contributed by atoms with Crippen molar-refractivity contribution in [2.24, 2.45) is 5.92 Å². The molecule has 1 aromatic carbocycles. The minimum atomic E-state index is -3.15. The van der Waals surface area contributed by atoms with Crippen LogP contribution >= 0.6 is 0 Å². The monoisotopic (exact) mass is 378 g/mol. The summed E-state index contributed by atoms with van der Waals surface area (Å²) in [6, 6.07) is 6.09. The molecule has 6 heteroatoms. The topological polar surface area (TPSA) is 57.7 Å². The zero-order valence-corrected chi connectivity index (χ0v) is 16.9. The molecular weight excluding hydrogens is 348 g/mol. The fraction of sp³-hybridized carbons (Fsp3) is 0.650. The number of benzene rings is 1. The van der Waals surface area contributed by atoms with Crippen molar-refractivity contribution in [1.29, 1.82) is 0 Å². The third-order valence-corrected chi connectivity index (χ3v) is 7.07. The second-order valence-corrected chi connectivity index (χ2v) is 9.88. The number of carbonyl (C=O) groups is 1. The molecule has 0 radical (unpaired) electrons. The number of aryl methyl sites for hydroxylation is 2. The van der Waals surface area contributed by atoms with Crippen LogP contribution in [0.5, 0.6) is 0 Å². The summed E-state index contributed by atoms with van der Waals surface area (Å²) in [5, 5.41) is 0. The first-order chi connectivity index (χ1) is 12.3. The summed E-state index contributed by atoms with van der Waals surface area (Å²) >= 11 is 0. The lowest BCUT2D eigenvalue weighted by Crippen LogP contribution is -2.50. The normalized spacial score (nSPS) is 23.2. The summed E-state index contributed by atoms with van der Waals surface area (Å²) in [4.78, 5) is 14.8. The largest absolute Gasteiger partial charge is 0.339 e. The molecule has 1 aromatic rings. The average molecular weight is 379 g/mol. The van der Waals surface area contributed by atoms with Crippen molar-refractivity contribution in [1.82, 2.24) is 9.21 Å². The summed E-state index contributed by atoms with van der Waals surface area (Å²) in [6.45, 7) is 6.10. The van der Waals surface area contributed by atoms with Crippen LogP contribution < -0.4 is 0 Å². The Balaban J connectivity index is 1.66. The Bertz CT molecular complexity index is 747. The molecule has 26 heavy (non-hydrogen) atoms. The summed E-state index contributed by atoms with van der Waals surface area (Å²) < 4.78 is 26.0. The first-order valence-electron chi connectivity index (χ1n) is 9.60. The average Bonchev–Trinajstić information content (AvgIpc) is 2.60. The minimum Gasteiger partial charge on any atom is -0.339 e. The van der Waals surface area contributed by atoms with Gasteiger partial charge in [-0.1, -0.05) is 23.6 Å². The molecule has 1 amide bonds. The van der Waals surface area contributed by atoms with Gasteiger partial charge in [-0.15, -0.1) is 0 Å². The van der Waals surface area contributed by atoms with Crippen LogP contribution in [-0.2, 0) is 10.0 Å². The maximum atomic E-state index is 12.8. The number of hydrogen-bond acceptors (Lipinski definition) is 3. The molecule has 1 atom stereocenters. The molecule has 2 heterocycles. The fourth-order valence-corrected chi connectivity index (χ4v) is 5.81. The Morgan fingerprint density at radius 3 is 2.15 bits per heavy atom. The van der Waals surface area contributed by atoms with E-state index in [9.17, 15) is 13.2 Å². The predicted octanol–water partition coefficient (Wildman–Crippen LogP) is 2.97. The van der Waals surface area contributed by atoms with Crippen LogP contribution in [0.4, 0.5) is 0 Å². The molecule has 2 fully saturated rings. The van der Waals surface area contributed by atoms with E-state index in [0.717, 1.165) is 48.8 Å². The maximum absolute atomic E-state index is 12.8. The lowest BCUT2D eigenvalue weighted by molar-refractivity contribution is 0.0620. The van der Waals surface area contributed by atoms with Crippen LogP contribution in [0.15, 0.2) is 18.2 Å². The van der Waals surface area contributed by atoms with Gasteiger partial charge in [-0.05, 0) is 57.6 Å². The number of likely N-dealkylation sites (tertiary alicyclic amines) is 1. The zero-order valence-electron chi connectivity index (χ0n) is 16.1.